The van der Waals surface area contributed by atoms with Crippen LogP contribution in [0, 0.1) is 12.1 Å². The molecule has 1 rings (SSSR count). The molecule has 0 aliphatic carbocycles. The highest BCUT2D eigenvalue weighted by Crippen LogP contribution is 2.08. The predicted molar refractivity (Wildman–Crippen MR) is 34.5 cm³/mol. The van der Waals surface area contributed by atoms with E-state index < -0.39 is 0 Å². The van der Waals surface area contributed by atoms with Gasteiger partial charge in [0.25, 0.3) is 6.33 Å². The number of ether oxygens (including phenoxy) is 1. The molecular formula is C6H8N2O2. The monoisotopic (exact) mass is 140 g/mol. The van der Waals surface area contributed by atoms with E-state index in [4.69, 9.17) is 4.74 Å². The quantitative estimate of drug-likeness (QED) is 0.408. The summed E-state index contributed by atoms with van der Waals surface area (Å²) in [6.07, 6.45) is 2.53. The Labute approximate surface area is 58.7 Å². The van der Waals surface area contributed by atoms with E-state index in [0.29, 0.717) is 10.5 Å². The van der Waals surface area contributed by atoms with Crippen LogP contribution in [0.1, 0.15) is 5.69 Å². The zero-order chi connectivity index (χ0) is 7.56. The van der Waals surface area contributed by atoms with Gasteiger partial charge in [-0.1, -0.05) is 0 Å². The molecule has 4 heteroatoms. The lowest BCUT2D eigenvalue weighted by Gasteiger charge is -2.01. The maximum absolute atomic E-state index is 10.6. The third kappa shape index (κ3) is 1.15. The molecule has 10 heavy (non-hydrogen) atoms. The number of methoxy groups -OCH3 is 1. The molecule has 0 amide bonds. The van der Waals surface area contributed by atoms with E-state index in [9.17, 15) is 5.21 Å². The lowest BCUT2D eigenvalue weighted by Crippen LogP contribution is -2.25. The van der Waals surface area contributed by atoms with Crippen molar-refractivity contribution in [3.8, 4) is 5.75 Å². The maximum atomic E-state index is 10.6. The molecule has 1 aromatic heterocycles. The molecule has 0 aromatic carbocycles. The van der Waals surface area contributed by atoms with Crippen molar-refractivity contribution in [1.82, 2.24) is 4.98 Å². The Morgan fingerprint density at radius 3 is 2.90 bits per heavy atom. The predicted octanol–water partition coefficient (Wildman–Crippen LogP) is 0.0320. The minimum atomic E-state index is 0.512. The molecule has 4 nitrogen and oxygen atoms in total. The number of aromatic nitrogens is 2. The normalized spacial score (nSPS) is 9.40. The van der Waals surface area contributed by atoms with E-state index in [1.54, 1.807) is 6.92 Å². The first kappa shape index (κ1) is 6.80. The summed E-state index contributed by atoms with van der Waals surface area (Å²) < 4.78 is 5.45. The molecule has 0 fully saturated rings. The molecule has 1 heterocycles. The second-order valence-electron chi connectivity index (χ2n) is 1.89. The Morgan fingerprint density at radius 1 is 1.70 bits per heavy atom. The summed E-state index contributed by atoms with van der Waals surface area (Å²) in [5.74, 6) is 0.512. The average Bonchev–Trinajstić information content (AvgIpc) is 1.94. The molecule has 0 bridgehead atoms. The highest BCUT2D eigenvalue weighted by atomic mass is 16.5. The standard InChI is InChI=1S/C6H8N2O2/c1-5-6(10-2)3-8(9)4-7-5/h3-4H,1-2H3. The van der Waals surface area contributed by atoms with E-state index in [2.05, 4.69) is 4.98 Å². The van der Waals surface area contributed by atoms with Crippen molar-refractivity contribution in [2.45, 2.75) is 6.92 Å². The van der Waals surface area contributed by atoms with E-state index in [-0.39, 0.29) is 0 Å². The van der Waals surface area contributed by atoms with Gasteiger partial charge < -0.3 is 9.94 Å². The van der Waals surface area contributed by atoms with Gasteiger partial charge in [0.15, 0.2) is 5.69 Å². The summed E-state index contributed by atoms with van der Waals surface area (Å²) in [6.45, 7) is 1.78. The number of hydrogen-bond donors (Lipinski definition) is 0. The van der Waals surface area contributed by atoms with Crippen LogP contribution in [-0.2, 0) is 0 Å². The van der Waals surface area contributed by atoms with Crippen molar-refractivity contribution in [3.63, 3.8) is 0 Å². The fourth-order valence-corrected chi connectivity index (χ4v) is 0.650. The molecule has 0 aliphatic heterocycles. The van der Waals surface area contributed by atoms with Gasteiger partial charge in [0.2, 0.25) is 5.75 Å². The first-order valence-corrected chi connectivity index (χ1v) is 2.83. The van der Waals surface area contributed by atoms with Crippen LogP contribution in [-0.4, -0.2) is 12.1 Å². The maximum Gasteiger partial charge on any atom is 0.289 e. The fraction of sp³-hybridized carbons (Fsp3) is 0.333. The summed E-state index contributed by atoms with van der Waals surface area (Å²) in [7, 11) is 1.50. The van der Waals surface area contributed by atoms with Crippen molar-refractivity contribution in [1.29, 1.82) is 0 Å². The molecule has 54 valence electrons. The largest absolute Gasteiger partial charge is 0.711 e. The number of hydrogen-bond acceptors (Lipinski definition) is 3. The van der Waals surface area contributed by atoms with Crippen LogP contribution in [0.5, 0.6) is 5.75 Å². The summed E-state index contributed by atoms with van der Waals surface area (Å²) in [5, 5.41) is 10.6. The van der Waals surface area contributed by atoms with E-state index in [0.717, 1.165) is 5.69 Å². The van der Waals surface area contributed by atoms with E-state index in [1.807, 2.05) is 0 Å². The number of nitrogens with zero attached hydrogens (tertiary/aromatic N) is 2. The lowest BCUT2D eigenvalue weighted by atomic mass is 10.4. The van der Waals surface area contributed by atoms with Crippen LogP contribution in [0.4, 0.5) is 0 Å². The summed E-state index contributed by atoms with van der Waals surface area (Å²) >= 11 is 0. The van der Waals surface area contributed by atoms with Gasteiger partial charge in [-0.2, -0.15) is 0 Å². The molecule has 0 unspecified atom stereocenters. The number of aryl methyl sites for hydroxylation is 1. The second kappa shape index (κ2) is 2.51. The lowest BCUT2D eigenvalue weighted by molar-refractivity contribution is -0.609. The van der Waals surface area contributed by atoms with Crippen LogP contribution in [0.25, 0.3) is 0 Å². The van der Waals surface area contributed by atoms with Gasteiger partial charge in [0.05, 0.1) is 7.11 Å². The van der Waals surface area contributed by atoms with Gasteiger partial charge in [-0.3, -0.25) is 0 Å². The summed E-state index contributed by atoms with van der Waals surface area (Å²) in [5.41, 5.74) is 0.717. The Morgan fingerprint density at radius 2 is 2.40 bits per heavy atom. The average molecular weight is 140 g/mol. The highest BCUT2D eigenvalue weighted by Gasteiger charge is 2.03. The molecule has 0 N–H and O–H groups in total. The van der Waals surface area contributed by atoms with Gasteiger partial charge in [0.1, 0.15) is 6.20 Å². The fourth-order valence-electron chi connectivity index (χ4n) is 0.650. The second-order valence-corrected chi connectivity index (χ2v) is 1.89. The molecule has 0 aliphatic rings. The zero-order valence-electron chi connectivity index (χ0n) is 5.87. The van der Waals surface area contributed by atoms with Gasteiger partial charge in [-0.15, -0.1) is 0 Å². The van der Waals surface area contributed by atoms with Crippen molar-refractivity contribution in [2.75, 3.05) is 7.11 Å². The van der Waals surface area contributed by atoms with Crippen LogP contribution in [0.3, 0.4) is 0 Å². The van der Waals surface area contributed by atoms with E-state index >= 15 is 0 Å². The summed E-state index contributed by atoms with van der Waals surface area (Å²) in [4.78, 5) is 3.77. The molecule has 0 atom stereocenters. The number of rotatable bonds is 1. The van der Waals surface area contributed by atoms with Crippen molar-refractivity contribution >= 4 is 0 Å². The molecule has 0 radical (unpaired) electrons. The third-order valence-corrected chi connectivity index (χ3v) is 1.19. The molecule has 0 spiro atoms. The topological polar surface area (TPSA) is 49.1 Å². The van der Waals surface area contributed by atoms with Gasteiger partial charge in [-0.05, 0) is 4.98 Å². The van der Waals surface area contributed by atoms with Crippen molar-refractivity contribution < 1.29 is 9.47 Å². The Balaban J connectivity index is 3.09. The summed E-state index contributed by atoms with van der Waals surface area (Å²) in [6, 6.07) is 0. The minimum Gasteiger partial charge on any atom is -0.711 e. The first-order chi connectivity index (χ1) is 4.74. The SMILES string of the molecule is COc1c[n+]([O-])cnc1C. The van der Waals surface area contributed by atoms with Crippen LogP contribution in [0.2, 0.25) is 0 Å². The Bertz CT molecular complexity index is 237. The molecule has 0 saturated heterocycles. The Hall–Kier alpha value is -1.32. The molecule has 0 saturated carbocycles. The van der Waals surface area contributed by atoms with Crippen LogP contribution < -0.4 is 9.47 Å². The smallest absolute Gasteiger partial charge is 0.289 e. The minimum absolute atomic E-state index is 0.512. The zero-order valence-corrected chi connectivity index (χ0v) is 5.87. The molecular weight excluding hydrogens is 132 g/mol. The van der Waals surface area contributed by atoms with Gasteiger partial charge >= 0.3 is 0 Å². The molecule has 1 aromatic rings. The third-order valence-electron chi connectivity index (χ3n) is 1.19. The van der Waals surface area contributed by atoms with Crippen LogP contribution in [0.15, 0.2) is 12.5 Å². The van der Waals surface area contributed by atoms with Gasteiger partial charge in [-0.25, -0.2) is 4.73 Å². The van der Waals surface area contributed by atoms with Crippen LogP contribution >= 0.6 is 0 Å². The first-order valence-electron chi connectivity index (χ1n) is 2.83. The van der Waals surface area contributed by atoms with E-state index in [1.165, 1.54) is 19.6 Å². The van der Waals surface area contributed by atoms with Crippen molar-refractivity contribution in [2.24, 2.45) is 0 Å². The van der Waals surface area contributed by atoms with Gasteiger partial charge in [0, 0.05) is 6.92 Å². The highest BCUT2D eigenvalue weighted by molar-refractivity contribution is 5.19. The Kier molecular flexibility index (Phi) is 1.71. The van der Waals surface area contributed by atoms with Crippen molar-refractivity contribution in [3.05, 3.63) is 23.4 Å².